The van der Waals surface area contributed by atoms with Crippen molar-refractivity contribution in [2.75, 3.05) is 12.3 Å². The summed E-state index contributed by atoms with van der Waals surface area (Å²) in [7, 11) is 0. The van der Waals surface area contributed by atoms with E-state index < -0.39 is 36.5 Å². The van der Waals surface area contributed by atoms with Gasteiger partial charge in [0.25, 0.3) is 0 Å². The number of amides is 1. The van der Waals surface area contributed by atoms with Crippen molar-refractivity contribution in [3.63, 3.8) is 0 Å². The Balaban J connectivity index is 1.99. The zero-order valence-corrected chi connectivity index (χ0v) is 16.5. The average Bonchev–Trinajstić information content (AvgIpc) is 2.83. The first-order valence-electron chi connectivity index (χ1n) is 10.0. The van der Waals surface area contributed by atoms with Gasteiger partial charge in [-0.3, -0.25) is 14.6 Å². The number of nitrogens with zero attached hydrogens (tertiary/aromatic N) is 2. The lowest BCUT2D eigenvalue weighted by atomic mass is 10.00. The molecule has 1 aromatic rings. The van der Waals surface area contributed by atoms with Gasteiger partial charge in [-0.1, -0.05) is 19.8 Å². The summed E-state index contributed by atoms with van der Waals surface area (Å²) in [4.78, 5) is 40.2. The zero-order chi connectivity index (χ0) is 21.1. The number of hydrogen-bond acceptors (Lipinski definition) is 5. The summed E-state index contributed by atoms with van der Waals surface area (Å²) >= 11 is 1.32. The molecule has 0 saturated heterocycles. The van der Waals surface area contributed by atoms with Crippen molar-refractivity contribution in [1.82, 2.24) is 9.88 Å². The first-order valence-corrected chi connectivity index (χ1v) is 10.5. The smallest absolute Gasteiger partial charge is 0.326 e. The molecule has 152 valence electrons. The Morgan fingerprint density at radius 1 is 1.39 bits per heavy atom. The maximum Gasteiger partial charge on any atom is 0.326 e. The van der Waals surface area contributed by atoms with Crippen LogP contribution in [0.15, 0.2) is 15.9 Å². The number of nitrogens with one attached hydrogen (secondary N) is 1. The molecule has 2 atom stereocenters. The molecule has 0 unspecified atom stereocenters. The van der Waals surface area contributed by atoms with Crippen molar-refractivity contribution >= 4 is 35.3 Å². The SMILES string of the molecule is [2H]c1c2c3n(c1CCCCC)[C@H](C(=O)O)CCC3=N[C@@H](C(=O)NCC(=O)O)CS2. The number of carbonyl (C=O) groups is 3. The van der Waals surface area contributed by atoms with Crippen molar-refractivity contribution in [1.29, 1.82) is 0 Å². The van der Waals surface area contributed by atoms with E-state index in [0.29, 0.717) is 41.6 Å². The first kappa shape index (κ1) is 19.0. The van der Waals surface area contributed by atoms with Gasteiger partial charge in [0.2, 0.25) is 5.91 Å². The second kappa shape index (κ2) is 8.81. The van der Waals surface area contributed by atoms with Crippen LogP contribution in [-0.4, -0.2) is 56.7 Å². The monoisotopic (exact) mass is 408 g/mol. The van der Waals surface area contributed by atoms with Crippen LogP contribution in [0, 0.1) is 0 Å². The summed E-state index contributed by atoms with van der Waals surface area (Å²) in [5.41, 5.74) is 2.01. The normalized spacial score (nSPS) is 21.2. The molecule has 0 bridgehead atoms. The van der Waals surface area contributed by atoms with Gasteiger partial charge in [-0.05, 0) is 31.7 Å². The number of carboxylic acids is 2. The number of aliphatic imine (C=N–C) groups is 1. The van der Waals surface area contributed by atoms with E-state index in [9.17, 15) is 19.5 Å². The van der Waals surface area contributed by atoms with E-state index in [-0.39, 0.29) is 5.75 Å². The van der Waals surface area contributed by atoms with E-state index >= 15 is 0 Å². The molecule has 2 aliphatic heterocycles. The molecule has 3 rings (SSSR count). The topological polar surface area (TPSA) is 121 Å². The van der Waals surface area contributed by atoms with Crippen LogP contribution in [0.3, 0.4) is 0 Å². The molecule has 0 fully saturated rings. The average molecular weight is 408 g/mol. The third-order valence-electron chi connectivity index (χ3n) is 4.96. The third-order valence-corrected chi connectivity index (χ3v) is 6.03. The van der Waals surface area contributed by atoms with Gasteiger partial charge >= 0.3 is 11.9 Å². The van der Waals surface area contributed by atoms with Crippen LogP contribution in [0.5, 0.6) is 0 Å². The van der Waals surface area contributed by atoms with Gasteiger partial charge in [0, 0.05) is 16.3 Å². The summed E-state index contributed by atoms with van der Waals surface area (Å²) in [5.74, 6) is -2.25. The Morgan fingerprint density at radius 2 is 2.18 bits per heavy atom. The summed E-state index contributed by atoms with van der Waals surface area (Å²) in [6.07, 6.45) is 4.32. The number of carbonyl (C=O) groups excluding carboxylic acids is 1. The van der Waals surface area contributed by atoms with Gasteiger partial charge in [0.05, 0.1) is 12.8 Å². The molecule has 2 aliphatic rings. The Kier molecular flexibility index (Phi) is 5.99. The number of aliphatic carboxylic acids is 2. The molecule has 8 nitrogen and oxygen atoms in total. The van der Waals surface area contributed by atoms with Gasteiger partial charge < -0.3 is 20.1 Å². The van der Waals surface area contributed by atoms with Crippen molar-refractivity contribution in [3.05, 3.63) is 17.4 Å². The van der Waals surface area contributed by atoms with Gasteiger partial charge in [-0.25, -0.2) is 4.79 Å². The number of rotatable bonds is 8. The molecular weight excluding hydrogens is 382 g/mol. The Labute approximate surface area is 168 Å². The zero-order valence-electron chi connectivity index (χ0n) is 16.7. The maximum absolute atomic E-state index is 12.3. The van der Waals surface area contributed by atoms with E-state index in [0.717, 1.165) is 25.0 Å². The minimum absolute atomic E-state index is 0.282. The summed E-state index contributed by atoms with van der Waals surface area (Å²) in [6, 6.07) is -1.18. The molecule has 1 aromatic heterocycles. The molecule has 3 heterocycles. The van der Waals surface area contributed by atoms with E-state index in [4.69, 9.17) is 6.48 Å². The molecule has 1 amide bonds. The molecule has 28 heavy (non-hydrogen) atoms. The van der Waals surface area contributed by atoms with Crippen LogP contribution in [0.2, 0.25) is 0 Å². The second-order valence-corrected chi connectivity index (χ2v) is 8.01. The van der Waals surface area contributed by atoms with Crippen LogP contribution in [0.4, 0.5) is 0 Å². The van der Waals surface area contributed by atoms with Crippen LogP contribution >= 0.6 is 11.8 Å². The number of thioether (sulfide) groups is 1. The summed E-state index contributed by atoms with van der Waals surface area (Å²) < 4.78 is 10.4. The first-order chi connectivity index (χ1) is 13.8. The number of aromatic nitrogens is 1. The molecular formula is C19H25N3O5S. The van der Waals surface area contributed by atoms with Gasteiger partial charge in [-0.15, -0.1) is 11.8 Å². The number of carboxylic acid groups (broad SMARTS) is 2. The highest BCUT2D eigenvalue weighted by molar-refractivity contribution is 7.99. The minimum Gasteiger partial charge on any atom is -0.480 e. The summed E-state index contributed by atoms with van der Waals surface area (Å²) in [6.45, 7) is 1.62. The van der Waals surface area contributed by atoms with Gasteiger partial charge in [0.15, 0.2) is 0 Å². The van der Waals surface area contributed by atoms with Gasteiger partial charge in [-0.2, -0.15) is 0 Å². The molecule has 0 spiro atoms. The van der Waals surface area contributed by atoms with E-state index in [1.807, 2.05) is 0 Å². The fourth-order valence-electron chi connectivity index (χ4n) is 3.62. The highest BCUT2D eigenvalue weighted by atomic mass is 32.2. The lowest BCUT2D eigenvalue weighted by Gasteiger charge is -2.27. The fourth-order valence-corrected chi connectivity index (χ4v) is 4.72. The van der Waals surface area contributed by atoms with Crippen molar-refractivity contribution in [3.8, 4) is 0 Å². The van der Waals surface area contributed by atoms with E-state index in [1.165, 1.54) is 11.8 Å². The molecule has 0 saturated carbocycles. The lowest BCUT2D eigenvalue weighted by Crippen LogP contribution is -2.38. The molecule has 0 radical (unpaired) electrons. The molecule has 0 aromatic carbocycles. The second-order valence-electron chi connectivity index (χ2n) is 6.98. The largest absolute Gasteiger partial charge is 0.480 e. The molecule has 9 heteroatoms. The maximum atomic E-state index is 12.3. The predicted molar refractivity (Wildman–Crippen MR) is 105 cm³/mol. The van der Waals surface area contributed by atoms with Crippen molar-refractivity contribution in [2.24, 2.45) is 4.99 Å². The van der Waals surface area contributed by atoms with E-state index in [1.54, 1.807) is 4.57 Å². The molecule has 3 N–H and O–H groups in total. The minimum atomic E-state index is -1.13. The summed E-state index contributed by atoms with van der Waals surface area (Å²) in [5, 5.41) is 20.9. The van der Waals surface area contributed by atoms with Crippen LogP contribution in [0.1, 0.15) is 57.8 Å². The van der Waals surface area contributed by atoms with Crippen molar-refractivity contribution in [2.45, 2.75) is 62.4 Å². The Morgan fingerprint density at radius 3 is 2.86 bits per heavy atom. The highest BCUT2D eigenvalue weighted by Crippen LogP contribution is 2.39. The standard InChI is InChI=1S/C19H25N3O5S/c1-2-3-4-5-11-8-15-17-12(6-7-14(19(26)27)22(11)17)21-13(10-28-15)18(25)20-9-16(23)24/h8,13-14H,2-7,9-10H2,1H3,(H,20,25)(H,23,24)(H,26,27)/t13-,14+/m1/s1/i8D. The fraction of sp³-hybridized carbons (Fsp3) is 0.579. The van der Waals surface area contributed by atoms with Crippen LogP contribution < -0.4 is 5.32 Å². The lowest BCUT2D eigenvalue weighted by molar-refractivity contribution is -0.141. The van der Waals surface area contributed by atoms with Crippen LogP contribution in [0.25, 0.3) is 0 Å². The molecule has 0 aliphatic carbocycles. The Bertz CT molecular complexity index is 867. The highest BCUT2D eigenvalue weighted by Gasteiger charge is 2.36. The predicted octanol–water partition coefficient (Wildman–Crippen LogP) is 2.10. The number of unbranched alkanes of at least 4 members (excludes halogenated alkanes) is 2. The quantitative estimate of drug-likeness (QED) is 0.567. The Hall–Kier alpha value is -2.29. The third kappa shape index (κ3) is 4.24. The van der Waals surface area contributed by atoms with Gasteiger partial charge in [0.1, 0.15) is 18.6 Å². The van der Waals surface area contributed by atoms with Crippen LogP contribution in [-0.2, 0) is 20.8 Å². The number of hydrogen-bond donors (Lipinski definition) is 3. The van der Waals surface area contributed by atoms with E-state index in [2.05, 4.69) is 17.2 Å². The van der Waals surface area contributed by atoms with Crippen molar-refractivity contribution < 1.29 is 26.0 Å².